The fourth-order valence-corrected chi connectivity index (χ4v) is 3.14. The number of hydrogen-bond donors (Lipinski definition) is 1. The van der Waals surface area contributed by atoms with E-state index in [2.05, 4.69) is 31.3 Å². The third-order valence-electron chi connectivity index (χ3n) is 3.25. The predicted molar refractivity (Wildman–Crippen MR) is 81.6 cm³/mol. The molecule has 1 aromatic carbocycles. The largest absolute Gasteiger partial charge is 0.496 e. The molecule has 0 aliphatic carbocycles. The summed E-state index contributed by atoms with van der Waals surface area (Å²) < 4.78 is 5.43. The number of methoxy groups -OCH3 is 1. The van der Waals surface area contributed by atoms with Gasteiger partial charge in [-0.15, -0.1) is 0 Å². The fourth-order valence-electron chi connectivity index (χ4n) is 1.79. The van der Waals surface area contributed by atoms with Crippen molar-refractivity contribution in [1.82, 2.24) is 5.32 Å². The van der Waals surface area contributed by atoms with Crippen LogP contribution in [0.3, 0.4) is 0 Å². The molecule has 3 heteroatoms. The molecule has 0 bridgehead atoms. The molecule has 1 rings (SSSR count). The molecular weight excluding hydrogens is 242 g/mol. The molecule has 0 fully saturated rings. The summed E-state index contributed by atoms with van der Waals surface area (Å²) in [6, 6.07) is 8.61. The predicted octanol–water partition coefficient (Wildman–Crippen LogP) is 3.74. The average Bonchev–Trinajstić information content (AvgIpc) is 2.43. The van der Waals surface area contributed by atoms with E-state index in [1.54, 1.807) is 7.11 Å². The first-order valence-electron chi connectivity index (χ1n) is 6.60. The summed E-state index contributed by atoms with van der Waals surface area (Å²) >= 11 is 2.01. The summed E-state index contributed by atoms with van der Waals surface area (Å²) in [7, 11) is 3.75. The average molecular weight is 267 g/mol. The van der Waals surface area contributed by atoms with E-state index in [0.717, 1.165) is 17.4 Å². The van der Waals surface area contributed by atoms with Gasteiger partial charge in [-0.25, -0.2) is 0 Å². The van der Waals surface area contributed by atoms with Crippen LogP contribution in [0.2, 0.25) is 0 Å². The van der Waals surface area contributed by atoms with Gasteiger partial charge < -0.3 is 10.1 Å². The quantitative estimate of drug-likeness (QED) is 0.775. The first kappa shape index (κ1) is 15.4. The zero-order valence-corrected chi connectivity index (χ0v) is 12.7. The van der Waals surface area contributed by atoms with Crippen LogP contribution in [0.5, 0.6) is 5.75 Å². The molecule has 0 saturated carbocycles. The Morgan fingerprint density at radius 1 is 1.28 bits per heavy atom. The summed E-state index contributed by atoms with van der Waals surface area (Å²) in [5.74, 6) is 4.08. The van der Waals surface area contributed by atoms with E-state index in [1.807, 2.05) is 30.9 Å². The summed E-state index contributed by atoms with van der Waals surface area (Å²) in [5.41, 5.74) is 1.25. The Kier molecular flexibility index (Phi) is 7.21. The minimum absolute atomic E-state index is 0.357. The van der Waals surface area contributed by atoms with Crippen LogP contribution >= 0.6 is 11.8 Å². The summed E-state index contributed by atoms with van der Waals surface area (Å²) in [4.78, 5) is 0. The van der Waals surface area contributed by atoms with Crippen molar-refractivity contribution in [3.05, 3.63) is 29.8 Å². The number of benzene rings is 1. The molecule has 2 atom stereocenters. The Hall–Kier alpha value is -0.670. The number of hydrogen-bond acceptors (Lipinski definition) is 3. The van der Waals surface area contributed by atoms with Gasteiger partial charge in [-0.1, -0.05) is 38.5 Å². The van der Waals surface area contributed by atoms with Crippen molar-refractivity contribution in [2.45, 2.75) is 26.3 Å². The van der Waals surface area contributed by atoms with Gasteiger partial charge >= 0.3 is 0 Å². The Morgan fingerprint density at radius 3 is 2.61 bits per heavy atom. The van der Waals surface area contributed by atoms with Crippen LogP contribution in [0.25, 0.3) is 0 Å². The molecule has 0 aliphatic rings. The zero-order chi connectivity index (χ0) is 13.4. The van der Waals surface area contributed by atoms with Gasteiger partial charge in [0.1, 0.15) is 5.75 Å². The monoisotopic (exact) mass is 267 g/mol. The molecule has 2 unspecified atom stereocenters. The van der Waals surface area contributed by atoms with Crippen LogP contribution in [0.1, 0.15) is 31.9 Å². The Balaban J connectivity index is 2.59. The highest BCUT2D eigenvalue weighted by molar-refractivity contribution is 7.99. The maximum Gasteiger partial charge on any atom is 0.123 e. The van der Waals surface area contributed by atoms with Gasteiger partial charge in [0, 0.05) is 17.4 Å². The summed E-state index contributed by atoms with van der Waals surface area (Å²) in [5, 5.41) is 3.38. The van der Waals surface area contributed by atoms with E-state index in [9.17, 15) is 0 Å². The molecule has 1 aromatic rings. The second kappa shape index (κ2) is 8.44. The van der Waals surface area contributed by atoms with Gasteiger partial charge in [0.25, 0.3) is 0 Å². The van der Waals surface area contributed by atoms with Crippen LogP contribution in [-0.4, -0.2) is 25.7 Å². The van der Waals surface area contributed by atoms with Crippen molar-refractivity contribution in [2.24, 2.45) is 5.92 Å². The lowest BCUT2D eigenvalue weighted by Crippen LogP contribution is -2.20. The second-order valence-electron chi connectivity index (χ2n) is 4.63. The fraction of sp³-hybridized carbons (Fsp3) is 0.600. The standard InChI is InChI=1S/C15H25NOS/c1-5-12(2)10-18-11-14(16-3)13-8-6-7-9-15(13)17-4/h6-9,12,14,16H,5,10-11H2,1-4H3. The zero-order valence-electron chi connectivity index (χ0n) is 11.9. The molecule has 1 N–H and O–H groups in total. The van der Waals surface area contributed by atoms with Crippen LogP contribution in [-0.2, 0) is 0 Å². The molecule has 102 valence electrons. The molecule has 0 radical (unpaired) electrons. The number of ether oxygens (including phenoxy) is 1. The summed E-state index contributed by atoms with van der Waals surface area (Å²) in [6.45, 7) is 4.56. The van der Waals surface area contributed by atoms with E-state index in [0.29, 0.717) is 6.04 Å². The van der Waals surface area contributed by atoms with E-state index >= 15 is 0 Å². The Labute approximate surface area is 116 Å². The molecule has 18 heavy (non-hydrogen) atoms. The number of rotatable bonds is 8. The molecule has 0 aliphatic heterocycles. The first-order chi connectivity index (χ1) is 8.72. The minimum atomic E-state index is 0.357. The normalized spacial score (nSPS) is 14.2. The van der Waals surface area contributed by atoms with Crippen LogP contribution in [0.4, 0.5) is 0 Å². The third kappa shape index (κ3) is 4.54. The van der Waals surface area contributed by atoms with Gasteiger partial charge in [0.05, 0.1) is 7.11 Å². The van der Waals surface area contributed by atoms with Crippen LogP contribution < -0.4 is 10.1 Å². The SMILES string of the molecule is CCC(C)CSCC(NC)c1ccccc1OC. The topological polar surface area (TPSA) is 21.3 Å². The maximum absolute atomic E-state index is 5.43. The smallest absolute Gasteiger partial charge is 0.123 e. The lowest BCUT2D eigenvalue weighted by Gasteiger charge is -2.19. The van der Waals surface area contributed by atoms with E-state index in [1.165, 1.54) is 17.7 Å². The number of nitrogens with one attached hydrogen (secondary N) is 1. The van der Waals surface area contributed by atoms with Gasteiger partial charge in [0.2, 0.25) is 0 Å². The molecule has 0 saturated heterocycles. The highest BCUT2D eigenvalue weighted by atomic mass is 32.2. The van der Waals surface area contributed by atoms with Crippen LogP contribution in [0, 0.1) is 5.92 Å². The minimum Gasteiger partial charge on any atom is -0.496 e. The van der Waals surface area contributed by atoms with Crippen molar-refractivity contribution in [1.29, 1.82) is 0 Å². The lowest BCUT2D eigenvalue weighted by atomic mass is 10.1. The van der Waals surface area contributed by atoms with E-state index in [4.69, 9.17) is 4.74 Å². The van der Waals surface area contributed by atoms with Gasteiger partial charge in [-0.3, -0.25) is 0 Å². The highest BCUT2D eigenvalue weighted by Gasteiger charge is 2.14. The first-order valence-corrected chi connectivity index (χ1v) is 7.76. The Bertz CT molecular complexity index is 343. The van der Waals surface area contributed by atoms with Crippen molar-refractivity contribution < 1.29 is 4.74 Å². The van der Waals surface area contributed by atoms with Crippen molar-refractivity contribution >= 4 is 11.8 Å². The van der Waals surface area contributed by atoms with E-state index in [-0.39, 0.29) is 0 Å². The van der Waals surface area contributed by atoms with Crippen molar-refractivity contribution in [3.63, 3.8) is 0 Å². The molecule has 0 heterocycles. The lowest BCUT2D eigenvalue weighted by molar-refractivity contribution is 0.404. The van der Waals surface area contributed by atoms with Crippen LogP contribution in [0.15, 0.2) is 24.3 Å². The van der Waals surface area contributed by atoms with Gasteiger partial charge in [0.15, 0.2) is 0 Å². The number of para-hydroxylation sites is 1. The van der Waals surface area contributed by atoms with Gasteiger partial charge in [-0.05, 0) is 24.8 Å². The molecule has 2 nitrogen and oxygen atoms in total. The molecule has 0 aromatic heterocycles. The summed E-state index contributed by atoms with van der Waals surface area (Å²) in [6.07, 6.45) is 1.26. The maximum atomic E-state index is 5.43. The Morgan fingerprint density at radius 2 is 2.00 bits per heavy atom. The molecular formula is C15H25NOS. The highest BCUT2D eigenvalue weighted by Crippen LogP contribution is 2.27. The van der Waals surface area contributed by atoms with Crippen molar-refractivity contribution in [2.75, 3.05) is 25.7 Å². The van der Waals surface area contributed by atoms with E-state index < -0.39 is 0 Å². The molecule has 0 spiro atoms. The van der Waals surface area contributed by atoms with Crippen molar-refractivity contribution in [3.8, 4) is 5.75 Å². The third-order valence-corrected chi connectivity index (χ3v) is 4.62. The van der Waals surface area contributed by atoms with Gasteiger partial charge in [-0.2, -0.15) is 11.8 Å². The number of thioether (sulfide) groups is 1. The molecule has 0 amide bonds. The second-order valence-corrected chi connectivity index (χ2v) is 5.71.